The van der Waals surface area contributed by atoms with Gasteiger partial charge in [0.2, 0.25) is 0 Å². The zero-order chi connectivity index (χ0) is 14.5. The minimum absolute atomic E-state index is 0.374. The standard InChI is InChI=1S/C18H15NOS/c19-11-4-7-15-10-12-21-18(15)13-20-17-9-3-6-14-5-1-2-8-16(14)17/h1-3,5-6,8-10,12H,11,13,19H2. The fourth-order valence-corrected chi connectivity index (χ4v) is 2.92. The van der Waals surface area contributed by atoms with Crippen LogP contribution in [0.3, 0.4) is 0 Å². The third-order valence-corrected chi connectivity index (χ3v) is 4.07. The quantitative estimate of drug-likeness (QED) is 0.746. The molecule has 3 rings (SSSR count). The maximum absolute atomic E-state index is 6.00. The molecule has 0 aliphatic heterocycles. The predicted molar refractivity (Wildman–Crippen MR) is 88.5 cm³/mol. The van der Waals surface area contributed by atoms with Crippen LogP contribution in [-0.4, -0.2) is 6.54 Å². The minimum atomic E-state index is 0.374. The summed E-state index contributed by atoms with van der Waals surface area (Å²) >= 11 is 1.66. The summed E-state index contributed by atoms with van der Waals surface area (Å²) in [4.78, 5) is 1.13. The molecule has 104 valence electrons. The predicted octanol–water partition coefficient (Wildman–Crippen LogP) is 3.79. The van der Waals surface area contributed by atoms with Gasteiger partial charge in [-0.05, 0) is 22.9 Å². The molecule has 0 aliphatic rings. The molecule has 0 unspecified atom stereocenters. The first kappa shape index (κ1) is 13.7. The van der Waals surface area contributed by atoms with E-state index >= 15 is 0 Å². The monoisotopic (exact) mass is 293 g/mol. The van der Waals surface area contributed by atoms with Crippen molar-refractivity contribution in [3.63, 3.8) is 0 Å². The SMILES string of the molecule is NCC#Cc1ccsc1COc1cccc2ccccc12. The first-order chi connectivity index (χ1) is 10.4. The molecule has 0 fully saturated rings. The van der Waals surface area contributed by atoms with Crippen molar-refractivity contribution in [2.75, 3.05) is 6.54 Å². The third kappa shape index (κ3) is 3.08. The fraction of sp³-hybridized carbons (Fsp3) is 0.111. The second kappa shape index (κ2) is 6.45. The van der Waals surface area contributed by atoms with E-state index in [4.69, 9.17) is 10.5 Å². The largest absolute Gasteiger partial charge is 0.487 e. The molecule has 1 aromatic heterocycles. The average Bonchev–Trinajstić information content (AvgIpc) is 2.98. The summed E-state index contributed by atoms with van der Waals surface area (Å²) in [5, 5.41) is 4.35. The molecule has 0 saturated carbocycles. The summed E-state index contributed by atoms with van der Waals surface area (Å²) in [6.45, 7) is 0.903. The van der Waals surface area contributed by atoms with Crippen LogP contribution in [-0.2, 0) is 6.61 Å². The van der Waals surface area contributed by atoms with Crippen LogP contribution in [0.2, 0.25) is 0 Å². The number of fused-ring (bicyclic) bond motifs is 1. The first-order valence-electron chi connectivity index (χ1n) is 6.74. The van der Waals surface area contributed by atoms with Crippen LogP contribution < -0.4 is 10.5 Å². The zero-order valence-corrected chi connectivity index (χ0v) is 12.3. The highest BCUT2D eigenvalue weighted by atomic mass is 32.1. The van der Waals surface area contributed by atoms with Crippen LogP contribution >= 0.6 is 11.3 Å². The maximum atomic E-state index is 6.00. The molecule has 0 spiro atoms. The highest BCUT2D eigenvalue weighted by Gasteiger charge is 2.05. The summed E-state index contributed by atoms with van der Waals surface area (Å²) in [7, 11) is 0. The molecule has 3 aromatic rings. The normalized spacial score (nSPS) is 10.1. The van der Waals surface area contributed by atoms with Crippen molar-refractivity contribution in [3.05, 3.63) is 64.4 Å². The topological polar surface area (TPSA) is 35.2 Å². The van der Waals surface area contributed by atoms with E-state index in [-0.39, 0.29) is 0 Å². The van der Waals surface area contributed by atoms with Crippen LogP contribution in [0.25, 0.3) is 10.8 Å². The molecule has 0 bridgehead atoms. The minimum Gasteiger partial charge on any atom is -0.487 e. The van der Waals surface area contributed by atoms with Crippen molar-refractivity contribution in [1.29, 1.82) is 0 Å². The van der Waals surface area contributed by atoms with Crippen LogP contribution in [0.1, 0.15) is 10.4 Å². The number of rotatable bonds is 3. The molecule has 3 heteroatoms. The number of hydrogen-bond donors (Lipinski definition) is 1. The fourth-order valence-electron chi connectivity index (χ4n) is 2.17. The molecule has 1 heterocycles. The number of benzene rings is 2. The van der Waals surface area contributed by atoms with Gasteiger partial charge in [-0.3, -0.25) is 0 Å². The molecule has 0 aliphatic carbocycles. The summed E-state index contributed by atoms with van der Waals surface area (Å²) in [6, 6.07) is 16.3. The van der Waals surface area contributed by atoms with Crippen LogP contribution in [0, 0.1) is 11.8 Å². The second-order valence-corrected chi connectivity index (χ2v) is 5.53. The van der Waals surface area contributed by atoms with Crippen molar-refractivity contribution in [3.8, 4) is 17.6 Å². The Morgan fingerprint density at radius 1 is 1.05 bits per heavy atom. The van der Waals surface area contributed by atoms with Gasteiger partial charge in [0.05, 0.1) is 11.4 Å². The van der Waals surface area contributed by atoms with Gasteiger partial charge in [0.15, 0.2) is 0 Å². The molecule has 2 nitrogen and oxygen atoms in total. The molecule has 0 saturated heterocycles. The van der Waals surface area contributed by atoms with E-state index in [0.29, 0.717) is 13.2 Å². The molecular weight excluding hydrogens is 278 g/mol. The van der Waals surface area contributed by atoms with Gasteiger partial charge in [0, 0.05) is 10.9 Å². The number of ether oxygens (including phenoxy) is 1. The zero-order valence-electron chi connectivity index (χ0n) is 11.5. The first-order valence-corrected chi connectivity index (χ1v) is 7.62. The summed E-state index contributed by atoms with van der Waals surface area (Å²) < 4.78 is 6.00. The number of thiophene rings is 1. The van der Waals surface area contributed by atoms with Gasteiger partial charge in [0.25, 0.3) is 0 Å². The van der Waals surface area contributed by atoms with E-state index in [2.05, 4.69) is 30.0 Å². The Kier molecular flexibility index (Phi) is 4.20. The van der Waals surface area contributed by atoms with Gasteiger partial charge in [-0.1, -0.05) is 48.2 Å². The molecule has 2 aromatic carbocycles. The molecule has 0 amide bonds. The summed E-state index contributed by atoms with van der Waals surface area (Å²) in [5.74, 6) is 6.87. The molecule has 2 N–H and O–H groups in total. The van der Waals surface area contributed by atoms with Crippen molar-refractivity contribution < 1.29 is 4.74 Å². The lowest BCUT2D eigenvalue weighted by molar-refractivity contribution is 0.313. The van der Waals surface area contributed by atoms with E-state index in [9.17, 15) is 0 Å². The summed E-state index contributed by atoms with van der Waals surface area (Å²) in [6.07, 6.45) is 0. The lowest BCUT2D eigenvalue weighted by Crippen LogP contribution is -1.96. The van der Waals surface area contributed by atoms with Crippen molar-refractivity contribution >= 4 is 22.1 Å². The van der Waals surface area contributed by atoms with Crippen molar-refractivity contribution in [2.24, 2.45) is 5.73 Å². The van der Waals surface area contributed by atoms with E-state index in [1.165, 1.54) is 5.39 Å². The smallest absolute Gasteiger partial charge is 0.127 e. The number of hydrogen-bond acceptors (Lipinski definition) is 3. The van der Waals surface area contributed by atoms with E-state index in [0.717, 1.165) is 21.6 Å². The van der Waals surface area contributed by atoms with Crippen LogP contribution in [0.4, 0.5) is 0 Å². The van der Waals surface area contributed by atoms with Gasteiger partial charge in [-0.2, -0.15) is 0 Å². The summed E-state index contributed by atoms with van der Waals surface area (Å²) in [5.41, 5.74) is 6.43. The Balaban J connectivity index is 1.83. The maximum Gasteiger partial charge on any atom is 0.127 e. The Bertz CT molecular complexity index is 805. The highest BCUT2D eigenvalue weighted by Crippen LogP contribution is 2.27. The Labute approximate surface area is 128 Å². The third-order valence-electron chi connectivity index (χ3n) is 3.18. The van der Waals surface area contributed by atoms with E-state index in [1.807, 2.05) is 35.7 Å². The van der Waals surface area contributed by atoms with Crippen LogP contribution in [0.15, 0.2) is 53.9 Å². The lowest BCUT2D eigenvalue weighted by atomic mass is 10.1. The Morgan fingerprint density at radius 3 is 2.81 bits per heavy atom. The van der Waals surface area contributed by atoms with E-state index < -0.39 is 0 Å². The van der Waals surface area contributed by atoms with Gasteiger partial charge >= 0.3 is 0 Å². The van der Waals surface area contributed by atoms with Crippen molar-refractivity contribution in [2.45, 2.75) is 6.61 Å². The van der Waals surface area contributed by atoms with Gasteiger partial charge in [-0.25, -0.2) is 0 Å². The highest BCUT2D eigenvalue weighted by molar-refractivity contribution is 7.10. The van der Waals surface area contributed by atoms with E-state index in [1.54, 1.807) is 11.3 Å². The Morgan fingerprint density at radius 2 is 1.90 bits per heavy atom. The Hall–Kier alpha value is -2.28. The average molecular weight is 293 g/mol. The molecular formula is C18H15NOS. The number of nitrogens with two attached hydrogens (primary N) is 1. The molecule has 21 heavy (non-hydrogen) atoms. The van der Waals surface area contributed by atoms with Crippen LogP contribution in [0.5, 0.6) is 5.75 Å². The molecule has 0 atom stereocenters. The van der Waals surface area contributed by atoms with Gasteiger partial charge < -0.3 is 10.5 Å². The van der Waals surface area contributed by atoms with Crippen molar-refractivity contribution in [1.82, 2.24) is 0 Å². The van der Waals surface area contributed by atoms with Gasteiger partial charge in [-0.15, -0.1) is 11.3 Å². The molecule has 0 radical (unpaired) electrons. The van der Waals surface area contributed by atoms with Gasteiger partial charge in [0.1, 0.15) is 12.4 Å². The second-order valence-electron chi connectivity index (χ2n) is 4.53. The lowest BCUT2D eigenvalue weighted by Gasteiger charge is -2.08.